The van der Waals surface area contributed by atoms with Gasteiger partial charge in [0.2, 0.25) is 0 Å². The van der Waals surface area contributed by atoms with E-state index in [4.69, 9.17) is 14.6 Å². The minimum atomic E-state index is -0.815. The summed E-state index contributed by atoms with van der Waals surface area (Å²) < 4.78 is 10.7. The average Bonchev–Trinajstić information content (AvgIpc) is 2.87. The van der Waals surface area contributed by atoms with Crippen molar-refractivity contribution in [3.05, 3.63) is 71.3 Å². The molecule has 2 atom stereocenters. The molecule has 0 heterocycles. The predicted molar refractivity (Wildman–Crippen MR) is 147 cm³/mol. The third-order valence-corrected chi connectivity index (χ3v) is 8.17. The molecular weight excluding hydrogens is 472 g/mol. The number of esters is 2. The molecule has 198 valence electrons. The maximum Gasteiger partial charge on any atom is 0.316 e. The molecule has 0 aliphatic rings. The SMILES string of the molecule is COC(=O)CC(C)c1cccc(C(C)(CCCC(C)(C)CSCCO)C(=O)OCc2ccccc2)c1. The second-order valence-electron chi connectivity index (χ2n) is 10.5. The highest BCUT2D eigenvalue weighted by Crippen LogP contribution is 2.36. The minimum absolute atomic E-state index is 0.0236. The summed E-state index contributed by atoms with van der Waals surface area (Å²) in [5, 5.41) is 9.09. The fraction of sp³-hybridized carbons (Fsp3) is 0.533. The number of benzene rings is 2. The molecular formula is C30H42O5S. The van der Waals surface area contributed by atoms with Crippen LogP contribution in [0.2, 0.25) is 0 Å². The molecule has 2 aromatic rings. The maximum atomic E-state index is 13.6. The molecule has 0 aliphatic heterocycles. The van der Waals surface area contributed by atoms with Crippen LogP contribution in [0.3, 0.4) is 0 Å². The standard InChI is InChI=1S/C30H42O5S/c1-23(19-27(32)34-5)25-13-9-14-26(20-25)30(4,16-10-15-29(2,3)22-36-18-17-31)28(33)35-21-24-11-7-6-8-12-24/h6-9,11-14,20,23,31H,10,15-19,21-22H2,1-5H3. The fourth-order valence-corrected chi connectivity index (χ4v) is 5.26. The summed E-state index contributed by atoms with van der Waals surface area (Å²) in [5.74, 6) is 1.19. The number of aliphatic hydroxyl groups is 1. The summed E-state index contributed by atoms with van der Waals surface area (Å²) in [6.07, 6.45) is 2.77. The molecule has 0 amide bonds. The first kappa shape index (κ1) is 29.9. The Kier molecular flexibility index (Phi) is 12.0. The normalized spacial score (nSPS) is 14.1. The summed E-state index contributed by atoms with van der Waals surface area (Å²) in [7, 11) is 1.40. The maximum absolute atomic E-state index is 13.6. The van der Waals surface area contributed by atoms with E-state index in [0.29, 0.717) is 6.42 Å². The van der Waals surface area contributed by atoms with Crippen molar-refractivity contribution in [3.63, 3.8) is 0 Å². The molecule has 36 heavy (non-hydrogen) atoms. The smallest absolute Gasteiger partial charge is 0.316 e. The number of ether oxygens (including phenoxy) is 2. The Hall–Kier alpha value is -2.31. The van der Waals surface area contributed by atoms with Crippen molar-refractivity contribution < 1.29 is 24.2 Å². The Morgan fingerprint density at radius 2 is 1.75 bits per heavy atom. The van der Waals surface area contributed by atoms with Gasteiger partial charge in [-0.25, -0.2) is 0 Å². The van der Waals surface area contributed by atoms with E-state index in [2.05, 4.69) is 13.8 Å². The van der Waals surface area contributed by atoms with Crippen LogP contribution in [0.1, 0.15) is 76.0 Å². The lowest BCUT2D eigenvalue weighted by atomic mass is 9.75. The van der Waals surface area contributed by atoms with E-state index < -0.39 is 5.41 Å². The summed E-state index contributed by atoms with van der Waals surface area (Å²) >= 11 is 1.76. The van der Waals surface area contributed by atoms with Gasteiger partial charge in [-0.05, 0) is 53.5 Å². The van der Waals surface area contributed by atoms with Gasteiger partial charge in [0, 0.05) is 5.75 Å². The van der Waals surface area contributed by atoms with Gasteiger partial charge in [0.1, 0.15) is 6.61 Å². The molecule has 0 aliphatic carbocycles. The highest BCUT2D eigenvalue weighted by Gasteiger charge is 2.37. The van der Waals surface area contributed by atoms with Crippen LogP contribution in [-0.2, 0) is 31.1 Å². The Morgan fingerprint density at radius 1 is 1.03 bits per heavy atom. The van der Waals surface area contributed by atoms with Crippen LogP contribution >= 0.6 is 11.8 Å². The zero-order valence-electron chi connectivity index (χ0n) is 22.4. The molecule has 0 saturated carbocycles. The van der Waals surface area contributed by atoms with Gasteiger partial charge in [-0.1, -0.05) is 81.8 Å². The summed E-state index contributed by atoms with van der Waals surface area (Å²) in [6, 6.07) is 17.7. The molecule has 6 heteroatoms. The molecule has 1 N–H and O–H groups in total. The lowest BCUT2D eigenvalue weighted by Gasteiger charge is -2.31. The van der Waals surface area contributed by atoms with Crippen LogP contribution in [0.25, 0.3) is 0 Å². The molecule has 0 saturated heterocycles. The molecule has 0 spiro atoms. The number of thioether (sulfide) groups is 1. The monoisotopic (exact) mass is 514 g/mol. The Morgan fingerprint density at radius 3 is 2.42 bits per heavy atom. The zero-order valence-corrected chi connectivity index (χ0v) is 23.2. The van der Waals surface area contributed by atoms with Gasteiger partial charge >= 0.3 is 11.9 Å². The van der Waals surface area contributed by atoms with Crippen molar-refractivity contribution in [2.24, 2.45) is 5.41 Å². The molecule has 0 bridgehead atoms. The van der Waals surface area contributed by atoms with Gasteiger partial charge in [-0.2, -0.15) is 11.8 Å². The van der Waals surface area contributed by atoms with E-state index in [0.717, 1.165) is 41.0 Å². The van der Waals surface area contributed by atoms with Crippen LogP contribution in [0.15, 0.2) is 54.6 Å². The van der Waals surface area contributed by atoms with Crippen LogP contribution < -0.4 is 0 Å². The lowest BCUT2D eigenvalue weighted by Crippen LogP contribution is -2.35. The van der Waals surface area contributed by atoms with Crippen molar-refractivity contribution >= 4 is 23.7 Å². The Balaban J connectivity index is 2.23. The number of carbonyl (C=O) groups excluding carboxylic acids is 2. The third-order valence-electron chi connectivity index (χ3n) is 6.72. The predicted octanol–water partition coefficient (Wildman–Crippen LogP) is 6.28. The van der Waals surface area contributed by atoms with Crippen LogP contribution in [0, 0.1) is 5.41 Å². The number of hydrogen-bond donors (Lipinski definition) is 1. The summed E-state index contributed by atoms with van der Waals surface area (Å²) in [6.45, 7) is 8.86. The van der Waals surface area contributed by atoms with Crippen molar-refractivity contribution in [1.82, 2.24) is 0 Å². The van der Waals surface area contributed by atoms with Crippen LogP contribution in [0.5, 0.6) is 0 Å². The van der Waals surface area contributed by atoms with Crippen molar-refractivity contribution in [3.8, 4) is 0 Å². The molecule has 2 rings (SSSR count). The van der Waals surface area contributed by atoms with Crippen molar-refractivity contribution in [2.75, 3.05) is 25.2 Å². The topological polar surface area (TPSA) is 72.8 Å². The van der Waals surface area contributed by atoms with E-state index >= 15 is 0 Å². The summed E-state index contributed by atoms with van der Waals surface area (Å²) in [4.78, 5) is 25.4. The zero-order chi connectivity index (χ0) is 26.6. The first-order chi connectivity index (χ1) is 17.1. The van der Waals surface area contributed by atoms with E-state index in [1.54, 1.807) is 11.8 Å². The number of methoxy groups -OCH3 is 1. The molecule has 2 unspecified atom stereocenters. The quantitative estimate of drug-likeness (QED) is 0.223. The number of carbonyl (C=O) groups is 2. The van der Waals surface area contributed by atoms with Crippen molar-refractivity contribution in [1.29, 1.82) is 0 Å². The van der Waals surface area contributed by atoms with Gasteiger partial charge in [0.15, 0.2) is 0 Å². The molecule has 0 fully saturated rings. The van der Waals surface area contributed by atoms with Gasteiger partial charge in [0.05, 0.1) is 25.6 Å². The van der Waals surface area contributed by atoms with E-state index in [1.807, 2.05) is 68.4 Å². The molecule has 2 aromatic carbocycles. The van der Waals surface area contributed by atoms with E-state index in [9.17, 15) is 9.59 Å². The molecule has 0 radical (unpaired) electrons. The number of aliphatic hydroxyl groups excluding tert-OH is 1. The molecule has 5 nitrogen and oxygen atoms in total. The van der Waals surface area contributed by atoms with Crippen LogP contribution in [-0.4, -0.2) is 42.3 Å². The van der Waals surface area contributed by atoms with Gasteiger partial charge in [0.25, 0.3) is 0 Å². The average molecular weight is 515 g/mol. The third kappa shape index (κ3) is 9.29. The van der Waals surface area contributed by atoms with Gasteiger partial charge < -0.3 is 14.6 Å². The minimum Gasteiger partial charge on any atom is -0.469 e. The highest BCUT2D eigenvalue weighted by molar-refractivity contribution is 7.99. The highest BCUT2D eigenvalue weighted by atomic mass is 32.2. The lowest BCUT2D eigenvalue weighted by molar-refractivity contribution is -0.152. The van der Waals surface area contributed by atoms with Gasteiger partial charge in [-0.15, -0.1) is 0 Å². The van der Waals surface area contributed by atoms with E-state index in [-0.39, 0.29) is 42.9 Å². The largest absolute Gasteiger partial charge is 0.469 e. The first-order valence-corrected chi connectivity index (χ1v) is 13.8. The number of rotatable bonds is 15. The second-order valence-corrected chi connectivity index (χ2v) is 11.6. The Labute approximate surface area is 221 Å². The number of hydrogen-bond acceptors (Lipinski definition) is 6. The van der Waals surface area contributed by atoms with E-state index in [1.165, 1.54) is 7.11 Å². The Bertz CT molecular complexity index is 959. The molecule has 0 aromatic heterocycles. The van der Waals surface area contributed by atoms with Crippen molar-refractivity contribution in [2.45, 2.75) is 71.3 Å². The van der Waals surface area contributed by atoms with Gasteiger partial charge in [-0.3, -0.25) is 9.59 Å². The second kappa shape index (κ2) is 14.4. The first-order valence-electron chi connectivity index (χ1n) is 12.7. The van der Waals surface area contributed by atoms with Crippen LogP contribution in [0.4, 0.5) is 0 Å². The fourth-order valence-electron chi connectivity index (χ4n) is 4.29. The summed E-state index contributed by atoms with van der Waals surface area (Å²) in [5.41, 5.74) is 2.15.